The Labute approximate surface area is 115 Å². The van der Waals surface area contributed by atoms with Crippen LogP contribution in [-0.2, 0) is 19.5 Å². The molecule has 0 aliphatic rings. The zero-order chi connectivity index (χ0) is 13.8. The SMILES string of the molecule is CCn1c(C)cc(CNC(C)Cc2ccco2)c1C. The molecule has 0 fully saturated rings. The number of nitrogens with zero attached hydrogens (tertiary/aromatic N) is 1. The number of hydrogen-bond donors (Lipinski definition) is 1. The van der Waals surface area contributed by atoms with Crippen molar-refractivity contribution in [2.75, 3.05) is 0 Å². The lowest BCUT2D eigenvalue weighted by atomic mass is 10.1. The third-order valence-corrected chi connectivity index (χ3v) is 3.72. The van der Waals surface area contributed by atoms with Crippen LogP contribution in [0.4, 0.5) is 0 Å². The van der Waals surface area contributed by atoms with E-state index in [1.54, 1.807) is 6.26 Å². The van der Waals surface area contributed by atoms with Crippen LogP contribution in [0.5, 0.6) is 0 Å². The second-order valence-corrected chi connectivity index (χ2v) is 5.21. The van der Waals surface area contributed by atoms with E-state index >= 15 is 0 Å². The summed E-state index contributed by atoms with van der Waals surface area (Å²) in [7, 11) is 0. The smallest absolute Gasteiger partial charge is 0.105 e. The van der Waals surface area contributed by atoms with Crippen molar-refractivity contribution in [2.45, 2.75) is 53.2 Å². The van der Waals surface area contributed by atoms with Gasteiger partial charge in [0, 0.05) is 36.9 Å². The van der Waals surface area contributed by atoms with Crippen LogP contribution < -0.4 is 5.32 Å². The van der Waals surface area contributed by atoms with Crippen molar-refractivity contribution >= 4 is 0 Å². The van der Waals surface area contributed by atoms with E-state index in [2.05, 4.69) is 43.6 Å². The summed E-state index contributed by atoms with van der Waals surface area (Å²) in [5, 5.41) is 3.57. The fourth-order valence-corrected chi connectivity index (χ4v) is 2.62. The predicted octanol–water partition coefficient (Wildman–Crippen LogP) is 3.44. The molecule has 2 aromatic rings. The van der Waals surface area contributed by atoms with Gasteiger partial charge in [-0.05, 0) is 51.5 Å². The Bertz CT molecular complexity index is 511. The summed E-state index contributed by atoms with van der Waals surface area (Å²) < 4.78 is 7.73. The number of aryl methyl sites for hydroxylation is 1. The highest BCUT2D eigenvalue weighted by molar-refractivity contribution is 5.26. The van der Waals surface area contributed by atoms with Crippen LogP contribution in [0, 0.1) is 13.8 Å². The normalized spacial score (nSPS) is 12.8. The molecule has 0 amide bonds. The van der Waals surface area contributed by atoms with Gasteiger partial charge >= 0.3 is 0 Å². The van der Waals surface area contributed by atoms with Crippen LogP contribution in [0.2, 0.25) is 0 Å². The first-order valence-corrected chi connectivity index (χ1v) is 7.03. The predicted molar refractivity (Wildman–Crippen MR) is 78.3 cm³/mol. The van der Waals surface area contributed by atoms with Gasteiger partial charge in [-0.25, -0.2) is 0 Å². The second-order valence-electron chi connectivity index (χ2n) is 5.21. The van der Waals surface area contributed by atoms with Gasteiger partial charge in [0.15, 0.2) is 0 Å². The lowest BCUT2D eigenvalue weighted by Crippen LogP contribution is -2.27. The molecule has 0 aliphatic heterocycles. The standard InChI is InChI=1S/C16H24N2O/c1-5-18-13(3)10-15(14(18)4)11-17-12(2)9-16-7-6-8-19-16/h6-8,10,12,17H,5,9,11H2,1-4H3. The molecule has 0 radical (unpaired) electrons. The molecule has 3 nitrogen and oxygen atoms in total. The second kappa shape index (κ2) is 6.11. The fraction of sp³-hybridized carbons (Fsp3) is 0.500. The average Bonchev–Trinajstić information content (AvgIpc) is 2.96. The third kappa shape index (κ3) is 3.29. The highest BCUT2D eigenvalue weighted by Crippen LogP contribution is 2.15. The van der Waals surface area contributed by atoms with Crippen molar-refractivity contribution < 1.29 is 4.42 Å². The Morgan fingerprint density at radius 2 is 2.16 bits per heavy atom. The van der Waals surface area contributed by atoms with E-state index in [1.807, 2.05) is 12.1 Å². The molecule has 2 rings (SSSR count). The zero-order valence-electron chi connectivity index (χ0n) is 12.4. The van der Waals surface area contributed by atoms with Crippen LogP contribution in [0.3, 0.4) is 0 Å². The van der Waals surface area contributed by atoms with E-state index in [0.29, 0.717) is 6.04 Å². The van der Waals surface area contributed by atoms with Crippen LogP contribution in [0.15, 0.2) is 28.9 Å². The summed E-state index contributed by atoms with van der Waals surface area (Å²) in [6.07, 6.45) is 2.66. The van der Waals surface area contributed by atoms with E-state index in [-0.39, 0.29) is 0 Å². The van der Waals surface area contributed by atoms with Crippen LogP contribution in [0.1, 0.15) is 36.6 Å². The first-order valence-electron chi connectivity index (χ1n) is 7.03. The first-order chi connectivity index (χ1) is 9.11. The summed E-state index contributed by atoms with van der Waals surface area (Å²) in [6, 6.07) is 6.67. The number of nitrogens with one attached hydrogen (secondary N) is 1. The van der Waals surface area contributed by atoms with Crippen molar-refractivity contribution in [1.82, 2.24) is 9.88 Å². The molecular weight excluding hydrogens is 236 g/mol. The molecule has 1 atom stereocenters. The van der Waals surface area contributed by atoms with Crippen molar-refractivity contribution in [3.05, 3.63) is 47.2 Å². The van der Waals surface area contributed by atoms with Gasteiger partial charge in [0.05, 0.1) is 6.26 Å². The third-order valence-electron chi connectivity index (χ3n) is 3.72. The molecule has 0 saturated carbocycles. The molecule has 0 aromatic carbocycles. The molecule has 1 unspecified atom stereocenters. The van der Waals surface area contributed by atoms with E-state index in [1.165, 1.54) is 17.0 Å². The quantitative estimate of drug-likeness (QED) is 0.862. The highest BCUT2D eigenvalue weighted by atomic mass is 16.3. The first kappa shape index (κ1) is 13.9. The van der Waals surface area contributed by atoms with Gasteiger partial charge in [-0.15, -0.1) is 0 Å². The summed E-state index contributed by atoms with van der Waals surface area (Å²) >= 11 is 0. The van der Waals surface area contributed by atoms with Crippen LogP contribution in [-0.4, -0.2) is 10.6 Å². The summed E-state index contributed by atoms with van der Waals surface area (Å²) in [4.78, 5) is 0. The minimum atomic E-state index is 0.413. The summed E-state index contributed by atoms with van der Waals surface area (Å²) in [5.74, 6) is 1.04. The van der Waals surface area contributed by atoms with Crippen molar-refractivity contribution in [2.24, 2.45) is 0 Å². The molecule has 2 aromatic heterocycles. The molecular formula is C16H24N2O. The van der Waals surface area contributed by atoms with E-state index in [9.17, 15) is 0 Å². The van der Waals surface area contributed by atoms with Gasteiger partial charge in [0.1, 0.15) is 5.76 Å². The molecule has 0 spiro atoms. The van der Waals surface area contributed by atoms with E-state index in [0.717, 1.165) is 25.3 Å². The Morgan fingerprint density at radius 3 is 2.74 bits per heavy atom. The molecule has 3 heteroatoms. The Balaban J connectivity index is 1.91. The van der Waals surface area contributed by atoms with Gasteiger partial charge < -0.3 is 14.3 Å². The van der Waals surface area contributed by atoms with E-state index < -0.39 is 0 Å². The molecule has 0 aliphatic carbocycles. The average molecular weight is 260 g/mol. The highest BCUT2D eigenvalue weighted by Gasteiger charge is 2.10. The Kier molecular flexibility index (Phi) is 4.48. The molecule has 2 heterocycles. The summed E-state index contributed by atoms with van der Waals surface area (Å²) in [6.45, 7) is 10.7. The number of aromatic nitrogens is 1. The lowest BCUT2D eigenvalue weighted by Gasteiger charge is -2.12. The maximum atomic E-state index is 5.38. The van der Waals surface area contributed by atoms with Crippen molar-refractivity contribution in [1.29, 1.82) is 0 Å². The minimum absolute atomic E-state index is 0.413. The molecule has 0 bridgehead atoms. The fourth-order valence-electron chi connectivity index (χ4n) is 2.62. The molecule has 104 valence electrons. The van der Waals surface area contributed by atoms with Crippen molar-refractivity contribution in [3.8, 4) is 0 Å². The molecule has 0 saturated heterocycles. The monoisotopic (exact) mass is 260 g/mol. The maximum absolute atomic E-state index is 5.38. The lowest BCUT2D eigenvalue weighted by molar-refractivity contribution is 0.456. The topological polar surface area (TPSA) is 30.1 Å². The van der Waals surface area contributed by atoms with Gasteiger partial charge in [-0.2, -0.15) is 0 Å². The Hall–Kier alpha value is -1.48. The molecule has 19 heavy (non-hydrogen) atoms. The van der Waals surface area contributed by atoms with Gasteiger partial charge in [0.25, 0.3) is 0 Å². The zero-order valence-corrected chi connectivity index (χ0v) is 12.4. The Morgan fingerprint density at radius 1 is 1.37 bits per heavy atom. The minimum Gasteiger partial charge on any atom is -0.469 e. The van der Waals surface area contributed by atoms with Gasteiger partial charge in [-0.3, -0.25) is 0 Å². The van der Waals surface area contributed by atoms with Gasteiger partial charge in [-0.1, -0.05) is 0 Å². The number of rotatable bonds is 6. The van der Waals surface area contributed by atoms with E-state index in [4.69, 9.17) is 4.42 Å². The van der Waals surface area contributed by atoms with Crippen LogP contribution >= 0.6 is 0 Å². The van der Waals surface area contributed by atoms with Crippen LogP contribution in [0.25, 0.3) is 0 Å². The largest absolute Gasteiger partial charge is 0.469 e. The summed E-state index contributed by atoms with van der Waals surface area (Å²) in [5.41, 5.74) is 4.11. The maximum Gasteiger partial charge on any atom is 0.105 e. The number of hydrogen-bond acceptors (Lipinski definition) is 2. The molecule has 1 N–H and O–H groups in total. The number of furan rings is 1. The van der Waals surface area contributed by atoms with Crippen molar-refractivity contribution in [3.63, 3.8) is 0 Å². The van der Waals surface area contributed by atoms with Gasteiger partial charge in [0.2, 0.25) is 0 Å².